The minimum absolute atomic E-state index is 0.250. The molecule has 1 aromatic rings. The monoisotopic (exact) mass is 253 g/mol. The summed E-state index contributed by atoms with van der Waals surface area (Å²) in [7, 11) is 0. The summed E-state index contributed by atoms with van der Waals surface area (Å²) in [6.45, 7) is 3.51. The number of hydrogen-bond donors (Lipinski definition) is 2. The third-order valence-corrected chi connectivity index (χ3v) is 2.42. The van der Waals surface area contributed by atoms with Crippen molar-refractivity contribution >= 4 is 5.97 Å². The summed E-state index contributed by atoms with van der Waals surface area (Å²) in [5, 5.41) is 8.79. The van der Waals surface area contributed by atoms with Crippen LogP contribution in [0.4, 0.5) is 0 Å². The number of ether oxygens (including phenoxy) is 2. The molecule has 0 radical (unpaired) electrons. The first kappa shape index (κ1) is 14.5. The fourth-order valence-electron chi connectivity index (χ4n) is 1.49. The molecule has 0 saturated heterocycles. The highest BCUT2D eigenvalue weighted by Gasteiger charge is 2.14. The topological polar surface area (TPSA) is 81.8 Å². The molecule has 0 aliphatic rings. The van der Waals surface area contributed by atoms with Crippen LogP contribution in [0, 0.1) is 0 Å². The van der Waals surface area contributed by atoms with Crippen molar-refractivity contribution in [2.45, 2.75) is 19.4 Å². The molecule has 0 aliphatic carbocycles. The number of benzene rings is 1. The van der Waals surface area contributed by atoms with E-state index in [1.54, 1.807) is 6.07 Å². The molecular formula is C13H19NO4. The highest BCUT2D eigenvalue weighted by atomic mass is 16.5. The van der Waals surface area contributed by atoms with E-state index < -0.39 is 12.0 Å². The van der Waals surface area contributed by atoms with E-state index in [0.717, 1.165) is 5.56 Å². The molecule has 18 heavy (non-hydrogen) atoms. The van der Waals surface area contributed by atoms with Crippen LogP contribution in [0.3, 0.4) is 0 Å². The summed E-state index contributed by atoms with van der Waals surface area (Å²) < 4.78 is 10.7. The van der Waals surface area contributed by atoms with Gasteiger partial charge in [0.25, 0.3) is 0 Å². The second-order valence-corrected chi connectivity index (χ2v) is 3.80. The van der Waals surface area contributed by atoms with Crippen LogP contribution in [0.25, 0.3) is 0 Å². The van der Waals surface area contributed by atoms with Gasteiger partial charge in [0.1, 0.15) is 18.4 Å². The zero-order valence-electron chi connectivity index (χ0n) is 10.5. The fourth-order valence-corrected chi connectivity index (χ4v) is 1.49. The van der Waals surface area contributed by atoms with Crippen molar-refractivity contribution in [2.75, 3.05) is 19.8 Å². The molecule has 0 bridgehead atoms. The maximum Gasteiger partial charge on any atom is 0.320 e. The van der Waals surface area contributed by atoms with E-state index >= 15 is 0 Å². The molecular weight excluding hydrogens is 234 g/mol. The molecule has 1 rings (SSSR count). The molecule has 0 heterocycles. The summed E-state index contributed by atoms with van der Waals surface area (Å²) in [5.41, 5.74) is 6.31. The minimum Gasteiger partial charge on any atom is -0.491 e. The Hall–Kier alpha value is -1.59. The average molecular weight is 253 g/mol. The van der Waals surface area contributed by atoms with Gasteiger partial charge in [-0.05, 0) is 18.6 Å². The number of para-hydroxylation sites is 1. The lowest BCUT2D eigenvalue weighted by molar-refractivity contribution is -0.138. The van der Waals surface area contributed by atoms with E-state index in [2.05, 4.69) is 0 Å². The Balaban J connectivity index is 2.58. The molecule has 1 aromatic carbocycles. The molecule has 1 atom stereocenters. The van der Waals surface area contributed by atoms with Crippen LogP contribution >= 0.6 is 0 Å². The molecule has 0 aromatic heterocycles. The Labute approximate surface area is 107 Å². The lowest BCUT2D eigenvalue weighted by Gasteiger charge is -2.13. The van der Waals surface area contributed by atoms with Gasteiger partial charge in [0.05, 0.1) is 6.61 Å². The summed E-state index contributed by atoms with van der Waals surface area (Å²) in [5.74, 6) is -0.354. The van der Waals surface area contributed by atoms with Crippen LogP contribution < -0.4 is 10.5 Å². The molecule has 3 N–H and O–H groups in total. The molecule has 5 heteroatoms. The molecule has 1 unspecified atom stereocenters. The Morgan fingerprint density at radius 1 is 1.39 bits per heavy atom. The zero-order valence-corrected chi connectivity index (χ0v) is 10.5. The first-order chi connectivity index (χ1) is 8.65. The summed E-state index contributed by atoms with van der Waals surface area (Å²) in [4.78, 5) is 10.7. The van der Waals surface area contributed by atoms with Gasteiger partial charge in [-0.25, -0.2) is 0 Å². The van der Waals surface area contributed by atoms with Gasteiger partial charge in [-0.3, -0.25) is 4.79 Å². The summed E-state index contributed by atoms with van der Waals surface area (Å²) in [6.07, 6.45) is 0.250. The number of aliphatic carboxylic acids is 1. The van der Waals surface area contributed by atoms with Crippen molar-refractivity contribution in [2.24, 2.45) is 5.73 Å². The van der Waals surface area contributed by atoms with E-state index in [9.17, 15) is 4.79 Å². The van der Waals surface area contributed by atoms with Crippen LogP contribution in [0.15, 0.2) is 24.3 Å². The number of carboxylic acid groups (broad SMARTS) is 1. The van der Waals surface area contributed by atoms with Gasteiger partial charge in [0.2, 0.25) is 0 Å². The standard InChI is InChI=1S/C13H19NO4/c1-2-17-7-8-18-12-6-4-3-5-10(12)9-11(14)13(15)16/h3-6,11H,2,7-9,14H2,1H3,(H,15,16). The maximum atomic E-state index is 10.7. The van der Waals surface area contributed by atoms with E-state index in [0.29, 0.717) is 25.6 Å². The molecule has 0 spiro atoms. The van der Waals surface area contributed by atoms with E-state index in [1.165, 1.54) is 0 Å². The van der Waals surface area contributed by atoms with Crippen molar-refractivity contribution in [3.8, 4) is 5.75 Å². The zero-order chi connectivity index (χ0) is 13.4. The van der Waals surface area contributed by atoms with E-state index in [-0.39, 0.29) is 6.42 Å². The van der Waals surface area contributed by atoms with Crippen molar-refractivity contribution in [3.05, 3.63) is 29.8 Å². The summed E-state index contributed by atoms with van der Waals surface area (Å²) in [6, 6.07) is 6.38. The van der Waals surface area contributed by atoms with Gasteiger partial charge in [-0.15, -0.1) is 0 Å². The number of hydrogen-bond acceptors (Lipinski definition) is 4. The molecule has 0 fully saturated rings. The maximum absolute atomic E-state index is 10.7. The second-order valence-electron chi connectivity index (χ2n) is 3.80. The molecule has 5 nitrogen and oxygen atoms in total. The Bertz CT molecular complexity index is 381. The Morgan fingerprint density at radius 3 is 2.78 bits per heavy atom. The van der Waals surface area contributed by atoms with Crippen molar-refractivity contribution < 1.29 is 19.4 Å². The van der Waals surface area contributed by atoms with E-state index in [1.807, 2.05) is 25.1 Å². The van der Waals surface area contributed by atoms with Crippen LogP contribution in [-0.4, -0.2) is 36.9 Å². The number of carboxylic acids is 1. The van der Waals surface area contributed by atoms with Crippen molar-refractivity contribution in [3.63, 3.8) is 0 Å². The smallest absolute Gasteiger partial charge is 0.320 e. The predicted octanol–water partition coefficient (Wildman–Crippen LogP) is 1.06. The lowest BCUT2D eigenvalue weighted by Crippen LogP contribution is -2.32. The molecule has 0 saturated carbocycles. The van der Waals surface area contributed by atoms with Gasteiger partial charge in [-0.2, -0.15) is 0 Å². The quantitative estimate of drug-likeness (QED) is 0.677. The lowest BCUT2D eigenvalue weighted by atomic mass is 10.1. The minimum atomic E-state index is -1.01. The third kappa shape index (κ3) is 4.73. The van der Waals surface area contributed by atoms with E-state index in [4.69, 9.17) is 20.3 Å². The first-order valence-corrected chi connectivity index (χ1v) is 5.92. The fraction of sp³-hybridized carbons (Fsp3) is 0.462. The van der Waals surface area contributed by atoms with Crippen molar-refractivity contribution in [1.82, 2.24) is 0 Å². The number of rotatable bonds is 8. The molecule has 0 aliphatic heterocycles. The van der Waals surface area contributed by atoms with Gasteiger partial charge in [0, 0.05) is 13.0 Å². The van der Waals surface area contributed by atoms with Crippen molar-refractivity contribution in [1.29, 1.82) is 0 Å². The normalized spacial score (nSPS) is 12.1. The van der Waals surface area contributed by atoms with Gasteiger partial charge in [0.15, 0.2) is 0 Å². The van der Waals surface area contributed by atoms with Crippen LogP contribution in [0.5, 0.6) is 5.75 Å². The molecule has 100 valence electrons. The average Bonchev–Trinajstić information content (AvgIpc) is 2.36. The summed E-state index contributed by atoms with van der Waals surface area (Å²) >= 11 is 0. The highest BCUT2D eigenvalue weighted by Crippen LogP contribution is 2.19. The number of carbonyl (C=O) groups is 1. The number of nitrogens with two attached hydrogens (primary N) is 1. The van der Waals surface area contributed by atoms with Gasteiger partial charge < -0.3 is 20.3 Å². The third-order valence-electron chi connectivity index (χ3n) is 2.42. The SMILES string of the molecule is CCOCCOc1ccccc1CC(N)C(=O)O. The van der Waals surface area contributed by atoms with Crippen LogP contribution in [-0.2, 0) is 16.0 Å². The Kier molecular flexibility index (Phi) is 6.18. The second kappa shape index (κ2) is 7.68. The predicted molar refractivity (Wildman–Crippen MR) is 67.7 cm³/mol. The molecule has 0 amide bonds. The van der Waals surface area contributed by atoms with Gasteiger partial charge in [-0.1, -0.05) is 18.2 Å². The Morgan fingerprint density at radius 2 is 2.11 bits per heavy atom. The van der Waals surface area contributed by atoms with Crippen LogP contribution in [0.2, 0.25) is 0 Å². The largest absolute Gasteiger partial charge is 0.491 e. The highest BCUT2D eigenvalue weighted by molar-refractivity contribution is 5.73. The van der Waals surface area contributed by atoms with Gasteiger partial charge >= 0.3 is 5.97 Å². The first-order valence-electron chi connectivity index (χ1n) is 5.92. The van der Waals surface area contributed by atoms with Crippen LogP contribution in [0.1, 0.15) is 12.5 Å².